The minimum absolute atomic E-state index is 0.230. The van der Waals surface area contributed by atoms with Crippen LogP contribution in [0.15, 0.2) is 61.4 Å². The molecule has 1 fully saturated rings. The van der Waals surface area contributed by atoms with Crippen molar-refractivity contribution in [1.82, 2.24) is 24.4 Å². The first-order valence-corrected chi connectivity index (χ1v) is 9.86. The minimum atomic E-state index is 0.230. The van der Waals surface area contributed by atoms with Crippen molar-refractivity contribution in [3.63, 3.8) is 0 Å². The summed E-state index contributed by atoms with van der Waals surface area (Å²) in [7, 11) is 0. The van der Waals surface area contributed by atoms with Crippen molar-refractivity contribution in [1.29, 1.82) is 0 Å². The predicted octanol–water partition coefficient (Wildman–Crippen LogP) is 3.06. The Bertz CT molecular complexity index is 894. The first kappa shape index (κ1) is 18.3. The van der Waals surface area contributed by atoms with E-state index >= 15 is 0 Å². The monoisotopic (exact) mass is 375 g/mol. The van der Waals surface area contributed by atoms with Crippen molar-refractivity contribution >= 4 is 5.91 Å². The molecule has 1 aliphatic rings. The van der Waals surface area contributed by atoms with E-state index < -0.39 is 0 Å². The lowest BCUT2D eigenvalue weighted by Gasteiger charge is -2.33. The van der Waals surface area contributed by atoms with Gasteiger partial charge >= 0.3 is 0 Å². The van der Waals surface area contributed by atoms with E-state index in [0.29, 0.717) is 6.42 Å². The van der Waals surface area contributed by atoms with E-state index in [-0.39, 0.29) is 11.8 Å². The van der Waals surface area contributed by atoms with Crippen LogP contribution in [-0.2, 0) is 17.8 Å². The second-order valence-electron chi connectivity index (χ2n) is 7.30. The number of aromatic nitrogens is 4. The van der Waals surface area contributed by atoms with Crippen LogP contribution in [0.25, 0.3) is 0 Å². The molecule has 0 aromatic carbocycles. The molecule has 1 amide bonds. The highest BCUT2D eigenvalue weighted by Crippen LogP contribution is 2.27. The summed E-state index contributed by atoms with van der Waals surface area (Å²) in [5.41, 5.74) is 2.36. The molecule has 1 atom stereocenters. The van der Waals surface area contributed by atoms with E-state index in [9.17, 15) is 4.79 Å². The second-order valence-corrected chi connectivity index (χ2v) is 7.30. The van der Waals surface area contributed by atoms with Crippen LogP contribution in [0.4, 0.5) is 0 Å². The van der Waals surface area contributed by atoms with Crippen LogP contribution < -0.4 is 0 Å². The maximum Gasteiger partial charge on any atom is 0.222 e. The molecule has 0 saturated carbocycles. The zero-order valence-electron chi connectivity index (χ0n) is 15.9. The van der Waals surface area contributed by atoms with Crippen LogP contribution in [0.2, 0.25) is 0 Å². The van der Waals surface area contributed by atoms with Crippen LogP contribution >= 0.6 is 0 Å². The van der Waals surface area contributed by atoms with E-state index in [4.69, 9.17) is 0 Å². The average molecular weight is 375 g/mol. The maximum atomic E-state index is 12.7. The summed E-state index contributed by atoms with van der Waals surface area (Å²) in [5, 5.41) is 0. The Morgan fingerprint density at radius 3 is 2.46 bits per heavy atom. The van der Waals surface area contributed by atoms with Gasteiger partial charge in [0.1, 0.15) is 5.82 Å². The summed E-state index contributed by atoms with van der Waals surface area (Å²) >= 11 is 0. The molecule has 4 rings (SSSR count). The van der Waals surface area contributed by atoms with Gasteiger partial charge in [-0.1, -0.05) is 0 Å². The van der Waals surface area contributed by atoms with Gasteiger partial charge in [0, 0.05) is 69.2 Å². The third-order valence-electron chi connectivity index (χ3n) is 5.37. The fourth-order valence-corrected chi connectivity index (χ4v) is 3.87. The summed E-state index contributed by atoms with van der Waals surface area (Å²) in [4.78, 5) is 27.5. The summed E-state index contributed by atoms with van der Waals surface area (Å²) in [6.45, 7) is 2.38. The van der Waals surface area contributed by atoms with E-state index in [1.54, 1.807) is 12.4 Å². The van der Waals surface area contributed by atoms with Crippen LogP contribution in [0.3, 0.4) is 0 Å². The van der Waals surface area contributed by atoms with Crippen molar-refractivity contribution in [2.45, 2.75) is 38.1 Å². The topological polar surface area (TPSA) is 63.9 Å². The molecule has 0 bridgehead atoms. The van der Waals surface area contributed by atoms with Gasteiger partial charge in [0.15, 0.2) is 0 Å². The Labute approximate surface area is 165 Å². The number of carbonyl (C=O) groups excluding carboxylic acids is 1. The van der Waals surface area contributed by atoms with E-state index in [1.807, 2.05) is 54.0 Å². The standard InChI is InChI=1S/C22H25N5O/c28-21(4-3-18-5-9-23-10-6-18)26-14-1-2-20(17-26)22-25-13-15-27(22)16-19-7-11-24-12-8-19/h5-13,15,20H,1-4,14,16-17H2. The summed E-state index contributed by atoms with van der Waals surface area (Å²) in [6.07, 6.45) is 14.5. The summed E-state index contributed by atoms with van der Waals surface area (Å²) < 4.78 is 2.20. The number of hydrogen-bond donors (Lipinski definition) is 0. The van der Waals surface area contributed by atoms with Crippen LogP contribution in [0, 0.1) is 0 Å². The molecule has 0 radical (unpaired) electrons. The Balaban J connectivity index is 1.39. The number of pyridine rings is 2. The van der Waals surface area contributed by atoms with Crippen molar-refractivity contribution < 1.29 is 4.79 Å². The molecular weight excluding hydrogens is 350 g/mol. The minimum Gasteiger partial charge on any atom is -0.342 e. The predicted molar refractivity (Wildman–Crippen MR) is 107 cm³/mol. The van der Waals surface area contributed by atoms with Gasteiger partial charge in [-0.25, -0.2) is 4.98 Å². The fourth-order valence-electron chi connectivity index (χ4n) is 3.87. The third kappa shape index (κ3) is 4.44. The molecular formula is C22H25N5O. The van der Waals surface area contributed by atoms with Crippen molar-refractivity contribution in [3.05, 3.63) is 78.4 Å². The Morgan fingerprint density at radius 2 is 1.71 bits per heavy atom. The van der Waals surface area contributed by atoms with Gasteiger partial charge in [0.05, 0.1) is 0 Å². The molecule has 144 valence electrons. The average Bonchev–Trinajstić information content (AvgIpc) is 3.22. The van der Waals surface area contributed by atoms with E-state index in [2.05, 4.69) is 19.5 Å². The van der Waals surface area contributed by atoms with Gasteiger partial charge in [-0.15, -0.1) is 0 Å². The Morgan fingerprint density at radius 1 is 1.00 bits per heavy atom. The molecule has 1 unspecified atom stereocenters. The number of hydrogen-bond acceptors (Lipinski definition) is 4. The summed E-state index contributed by atoms with van der Waals surface area (Å²) in [6, 6.07) is 8.00. The molecule has 4 heterocycles. The lowest BCUT2D eigenvalue weighted by Crippen LogP contribution is -2.39. The van der Waals surface area contributed by atoms with E-state index in [0.717, 1.165) is 50.3 Å². The molecule has 6 nitrogen and oxygen atoms in total. The van der Waals surface area contributed by atoms with Gasteiger partial charge in [-0.05, 0) is 54.7 Å². The molecule has 3 aromatic heterocycles. The van der Waals surface area contributed by atoms with Crippen molar-refractivity contribution in [3.8, 4) is 0 Å². The van der Waals surface area contributed by atoms with Crippen molar-refractivity contribution in [2.75, 3.05) is 13.1 Å². The molecule has 28 heavy (non-hydrogen) atoms. The number of amides is 1. The van der Waals surface area contributed by atoms with Crippen LogP contribution in [0.5, 0.6) is 0 Å². The Hall–Kier alpha value is -3.02. The van der Waals surface area contributed by atoms with Crippen molar-refractivity contribution in [2.24, 2.45) is 0 Å². The molecule has 3 aromatic rings. The number of nitrogens with zero attached hydrogens (tertiary/aromatic N) is 5. The zero-order valence-corrected chi connectivity index (χ0v) is 15.9. The fraction of sp³-hybridized carbons (Fsp3) is 0.364. The first-order chi connectivity index (χ1) is 13.8. The van der Waals surface area contributed by atoms with Gasteiger partial charge in [-0.2, -0.15) is 0 Å². The molecule has 6 heteroatoms. The number of imidazole rings is 1. The van der Waals surface area contributed by atoms with Gasteiger partial charge in [0.25, 0.3) is 0 Å². The molecule has 0 N–H and O–H groups in total. The third-order valence-corrected chi connectivity index (χ3v) is 5.37. The van der Waals surface area contributed by atoms with Crippen LogP contribution in [-0.4, -0.2) is 43.4 Å². The second kappa shape index (κ2) is 8.78. The lowest BCUT2D eigenvalue weighted by molar-refractivity contribution is -0.132. The number of aryl methyl sites for hydroxylation is 1. The first-order valence-electron chi connectivity index (χ1n) is 9.86. The lowest BCUT2D eigenvalue weighted by atomic mass is 9.96. The molecule has 1 aliphatic heterocycles. The highest BCUT2D eigenvalue weighted by Gasteiger charge is 2.27. The van der Waals surface area contributed by atoms with Crippen LogP contribution in [0.1, 0.15) is 42.1 Å². The largest absolute Gasteiger partial charge is 0.342 e. The number of rotatable bonds is 6. The quantitative estimate of drug-likeness (QED) is 0.664. The SMILES string of the molecule is O=C(CCc1ccncc1)N1CCCC(c2nccn2Cc2ccncc2)C1. The summed E-state index contributed by atoms with van der Waals surface area (Å²) in [5.74, 6) is 1.59. The smallest absolute Gasteiger partial charge is 0.222 e. The van der Waals surface area contributed by atoms with Gasteiger partial charge in [0.2, 0.25) is 5.91 Å². The zero-order chi connectivity index (χ0) is 19.2. The van der Waals surface area contributed by atoms with Gasteiger partial charge < -0.3 is 9.47 Å². The highest BCUT2D eigenvalue weighted by molar-refractivity contribution is 5.76. The highest BCUT2D eigenvalue weighted by atomic mass is 16.2. The molecule has 0 spiro atoms. The number of piperidine rings is 1. The molecule has 1 saturated heterocycles. The normalized spacial score (nSPS) is 16.9. The van der Waals surface area contributed by atoms with E-state index in [1.165, 1.54) is 5.56 Å². The number of likely N-dealkylation sites (tertiary alicyclic amines) is 1. The number of carbonyl (C=O) groups is 1. The van der Waals surface area contributed by atoms with Gasteiger partial charge in [-0.3, -0.25) is 14.8 Å². The molecule has 0 aliphatic carbocycles. The Kier molecular flexibility index (Phi) is 5.75. The maximum absolute atomic E-state index is 12.7.